The van der Waals surface area contributed by atoms with Crippen LogP contribution in [0.1, 0.15) is 25.3 Å². The van der Waals surface area contributed by atoms with Gasteiger partial charge in [0.2, 0.25) is 0 Å². The summed E-state index contributed by atoms with van der Waals surface area (Å²) < 4.78 is 10.8. The van der Waals surface area contributed by atoms with Gasteiger partial charge in [-0.3, -0.25) is 4.79 Å². The Morgan fingerprint density at radius 1 is 1.19 bits per heavy atom. The molecule has 0 saturated carbocycles. The largest absolute Gasteiger partial charge is 0.497 e. The Hall–Kier alpha value is -2.76. The van der Waals surface area contributed by atoms with Crippen molar-refractivity contribution in [3.8, 4) is 11.5 Å². The molecule has 138 valence electrons. The van der Waals surface area contributed by atoms with Crippen molar-refractivity contribution in [2.24, 2.45) is 0 Å². The highest BCUT2D eigenvalue weighted by Gasteiger charge is 2.16. The smallest absolute Gasteiger partial charge is 0.261 e. The highest BCUT2D eigenvalue weighted by atomic mass is 16.5. The first kappa shape index (κ1) is 18.0. The molecule has 1 unspecified atom stereocenters. The number of anilines is 1. The number of aromatic nitrogens is 1. The summed E-state index contributed by atoms with van der Waals surface area (Å²) in [6.07, 6.45) is 3.64. The van der Waals surface area contributed by atoms with Gasteiger partial charge in [-0.2, -0.15) is 0 Å². The number of carbonyl (C=O) groups is 1. The van der Waals surface area contributed by atoms with Crippen molar-refractivity contribution >= 4 is 11.7 Å². The summed E-state index contributed by atoms with van der Waals surface area (Å²) in [6, 6.07) is 11.1. The molecule has 2 aromatic rings. The predicted octanol–water partition coefficient (Wildman–Crippen LogP) is 2.77. The first-order valence-electron chi connectivity index (χ1n) is 8.94. The molecule has 1 aliphatic heterocycles. The molecule has 1 fully saturated rings. The molecule has 1 saturated heterocycles. The topological polar surface area (TPSA) is 63.7 Å². The van der Waals surface area contributed by atoms with Gasteiger partial charge in [0.05, 0.1) is 7.11 Å². The third-order valence-corrected chi connectivity index (χ3v) is 4.45. The fourth-order valence-electron chi connectivity index (χ4n) is 2.93. The molecule has 6 nitrogen and oxygen atoms in total. The highest BCUT2D eigenvalue weighted by molar-refractivity contribution is 5.80. The van der Waals surface area contributed by atoms with E-state index in [0.29, 0.717) is 12.3 Å². The van der Waals surface area contributed by atoms with Crippen molar-refractivity contribution in [1.82, 2.24) is 10.3 Å². The number of methoxy groups -OCH3 is 1. The highest BCUT2D eigenvalue weighted by Crippen LogP contribution is 2.19. The molecule has 2 heterocycles. The first-order valence-corrected chi connectivity index (χ1v) is 8.94. The van der Waals surface area contributed by atoms with Gasteiger partial charge in [-0.25, -0.2) is 4.98 Å². The standard InChI is InChI=1S/C20H25N3O3/c1-15(26-18-7-5-17(25-2)6-8-18)20(24)22-14-16-9-10-21-19(13-16)23-11-3-4-12-23/h5-10,13,15H,3-4,11-12,14H2,1-2H3,(H,22,24). The molecule has 1 aromatic heterocycles. The number of nitrogens with one attached hydrogen (secondary N) is 1. The van der Waals surface area contributed by atoms with Crippen LogP contribution in [-0.2, 0) is 11.3 Å². The maximum Gasteiger partial charge on any atom is 0.261 e. The zero-order valence-electron chi connectivity index (χ0n) is 15.3. The van der Waals surface area contributed by atoms with Gasteiger partial charge in [-0.05, 0) is 61.7 Å². The number of hydrogen-bond donors (Lipinski definition) is 1. The van der Waals surface area contributed by atoms with E-state index < -0.39 is 6.10 Å². The summed E-state index contributed by atoms with van der Waals surface area (Å²) in [5.74, 6) is 2.21. The zero-order valence-corrected chi connectivity index (χ0v) is 15.3. The lowest BCUT2D eigenvalue weighted by Gasteiger charge is -2.18. The molecule has 0 radical (unpaired) electrons. The first-order chi connectivity index (χ1) is 12.7. The fraction of sp³-hybridized carbons (Fsp3) is 0.400. The fourth-order valence-corrected chi connectivity index (χ4v) is 2.93. The van der Waals surface area contributed by atoms with Gasteiger partial charge < -0.3 is 19.7 Å². The van der Waals surface area contributed by atoms with Crippen molar-refractivity contribution in [2.45, 2.75) is 32.4 Å². The predicted molar refractivity (Wildman–Crippen MR) is 101 cm³/mol. The summed E-state index contributed by atoms with van der Waals surface area (Å²) in [7, 11) is 1.61. The molecular formula is C20H25N3O3. The van der Waals surface area contributed by atoms with Gasteiger partial charge >= 0.3 is 0 Å². The summed E-state index contributed by atoms with van der Waals surface area (Å²) in [5, 5.41) is 2.92. The summed E-state index contributed by atoms with van der Waals surface area (Å²) in [6.45, 7) is 4.30. The molecule has 0 aliphatic carbocycles. The molecule has 1 amide bonds. The van der Waals surface area contributed by atoms with E-state index in [-0.39, 0.29) is 5.91 Å². The average molecular weight is 355 g/mol. The average Bonchev–Trinajstić information content (AvgIpc) is 3.22. The second-order valence-electron chi connectivity index (χ2n) is 6.37. The third kappa shape index (κ3) is 4.65. The van der Waals surface area contributed by atoms with Crippen LogP contribution >= 0.6 is 0 Å². The van der Waals surface area contributed by atoms with Crippen molar-refractivity contribution in [3.05, 3.63) is 48.2 Å². The van der Waals surface area contributed by atoms with Crippen LogP contribution in [-0.4, -0.2) is 37.2 Å². The normalized spacial score (nSPS) is 14.8. The number of nitrogens with zero attached hydrogens (tertiary/aromatic N) is 2. The van der Waals surface area contributed by atoms with Crippen LogP contribution in [0.2, 0.25) is 0 Å². The van der Waals surface area contributed by atoms with Crippen LogP contribution in [0.3, 0.4) is 0 Å². The molecule has 0 bridgehead atoms. The van der Waals surface area contributed by atoms with Crippen molar-refractivity contribution in [3.63, 3.8) is 0 Å². The minimum Gasteiger partial charge on any atom is -0.497 e. The number of ether oxygens (including phenoxy) is 2. The van der Waals surface area contributed by atoms with E-state index in [1.807, 2.05) is 12.1 Å². The van der Waals surface area contributed by atoms with E-state index in [4.69, 9.17) is 9.47 Å². The Balaban J connectivity index is 1.51. The van der Waals surface area contributed by atoms with Crippen LogP contribution < -0.4 is 19.7 Å². The Labute approximate surface area is 154 Å². The molecular weight excluding hydrogens is 330 g/mol. The molecule has 3 rings (SSSR count). The molecule has 0 spiro atoms. The maximum atomic E-state index is 12.3. The van der Waals surface area contributed by atoms with E-state index >= 15 is 0 Å². The lowest BCUT2D eigenvalue weighted by Crippen LogP contribution is -2.35. The second-order valence-corrected chi connectivity index (χ2v) is 6.37. The third-order valence-electron chi connectivity index (χ3n) is 4.45. The molecule has 1 atom stereocenters. The van der Waals surface area contributed by atoms with Gasteiger partial charge in [0, 0.05) is 25.8 Å². The Morgan fingerprint density at radius 2 is 1.88 bits per heavy atom. The van der Waals surface area contributed by atoms with Crippen molar-refractivity contribution < 1.29 is 14.3 Å². The summed E-state index contributed by atoms with van der Waals surface area (Å²) in [4.78, 5) is 19.0. The molecule has 26 heavy (non-hydrogen) atoms. The van der Waals surface area contributed by atoms with Crippen LogP contribution in [0, 0.1) is 0 Å². The number of carbonyl (C=O) groups excluding carboxylic acids is 1. The van der Waals surface area contributed by atoms with E-state index in [9.17, 15) is 4.79 Å². The van der Waals surface area contributed by atoms with Crippen molar-refractivity contribution in [2.75, 3.05) is 25.1 Å². The number of benzene rings is 1. The van der Waals surface area contributed by atoms with Gasteiger partial charge in [0.25, 0.3) is 5.91 Å². The minimum atomic E-state index is -0.580. The Morgan fingerprint density at radius 3 is 2.58 bits per heavy atom. The Bertz CT molecular complexity index is 727. The van der Waals surface area contributed by atoms with E-state index in [2.05, 4.69) is 15.2 Å². The summed E-state index contributed by atoms with van der Waals surface area (Å²) >= 11 is 0. The number of pyridine rings is 1. The minimum absolute atomic E-state index is 0.152. The van der Waals surface area contributed by atoms with E-state index in [1.165, 1.54) is 12.8 Å². The van der Waals surface area contributed by atoms with Gasteiger partial charge in [-0.15, -0.1) is 0 Å². The van der Waals surface area contributed by atoms with E-state index in [0.717, 1.165) is 30.2 Å². The molecule has 1 aliphatic rings. The Kier molecular flexibility index (Phi) is 5.94. The van der Waals surface area contributed by atoms with Crippen LogP contribution in [0.15, 0.2) is 42.6 Å². The number of hydrogen-bond acceptors (Lipinski definition) is 5. The lowest BCUT2D eigenvalue weighted by molar-refractivity contribution is -0.127. The molecule has 1 aromatic carbocycles. The monoisotopic (exact) mass is 355 g/mol. The molecule has 6 heteroatoms. The van der Waals surface area contributed by atoms with Crippen LogP contribution in [0.25, 0.3) is 0 Å². The quantitative estimate of drug-likeness (QED) is 0.827. The number of amides is 1. The summed E-state index contributed by atoms with van der Waals surface area (Å²) in [5.41, 5.74) is 1.03. The van der Waals surface area contributed by atoms with Gasteiger partial charge in [-0.1, -0.05) is 0 Å². The van der Waals surface area contributed by atoms with Crippen LogP contribution in [0.5, 0.6) is 11.5 Å². The molecule has 1 N–H and O–H groups in total. The van der Waals surface area contributed by atoms with Crippen molar-refractivity contribution in [1.29, 1.82) is 0 Å². The van der Waals surface area contributed by atoms with Gasteiger partial charge in [0.1, 0.15) is 17.3 Å². The van der Waals surface area contributed by atoms with Crippen LogP contribution in [0.4, 0.5) is 5.82 Å². The second kappa shape index (κ2) is 8.56. The van der Waals surface area contributed by atoms with E-state index in [1.54, 1.807) is 44.5 Å². The number of rotatable bonds is 7. The maximum absolute atomic E-state index is 12.3. The SMILES string of the molecule is COc1ccc(OC(C)C(=O)NCc2ccnc(N3CCCC3)c2)cc1. The lowest BCUT2D eigenvalue weighted by atomic mass is 10.2. The zero-order chi connectivity index (χ0) is 18.4. The van der Waals surface area contributed by atoms with Gasteiger partial charge in [0.15, 0.2) is 6.10 Å².